The summed E-state index contributed by atoms with van der Waals surface area (Å²) in [5.41, 5.74) is 20.3. The van der Waals surface area contributed by atoms with Crippen molar-refractivity contribution in [3.63, 3.8) is 0 Å². The predicted octanol–water partition coefficient (Wildman–Crippen LogP) is 25.2. The molecule has 2 aliphatic rings. The summed E-state index contributed by atoms with van der Waals surface area (Å²) in [4.78, 5) is 15.2. The Morgan fingerprint density at radius 3 is 0.838 bits per heavy atom. The first-order chi connectivity index (χ1) is 45.8. The number of halogens is 4. The molecule has 0 bridgehead atoms. The third kappa shape index (κ3) is 16.8. The van der Waals surface area contributed by atoms with Crippen molar-refractivity contribution in [2.45, 2.75) is 260 Å². The average molecular weight is 1770 g/mol. The van der Waals surface area contributed by atoms with Crippen molar-refractivity contribution in [2.75, 3.05) is 0 Å². The second-order valence-electron chi connectivity index (χ2n) is 36.6. The van der Waals surface area contributed by atoms with Crippen molar-refractivity contribution in [3.8, 4) is 0 Å². The van der Waals surface area contributed by atoms with Crippen LogP contribution < -0.4 is 0 Å². The Morgan fingerprint density at radius 1 is 0.303 bits per heavy atom. The van der Waals surface area contributed by atoms with Gasteiger partial charge in [0, 0.05) is 27.4 Å². The van der Waals surface area contributed by atoms with Gasteiger partial charge < -0.3 is 9.80 Å². The normalized spacial score (nSPS) is 17.7. The first-order valence-electron chi connectivity index (χ1n) is 35.9. The lowest BCUT2D eigenvalue weighted by atomic mass is 9.79. The monoisotopic (exact) mass is 1770 g/mol. The van der Waals surface area contributed by atoms with Gasteiger partial charge in [-0.15, -0.1) is 0 Å². The van der Waals surface area contributed by atoms with Crippen LogP contribution in [0.25, 0.3) is 0 Å². The minimum Gasteiger partial charge on any atom is -0.315 e. The van der Waals surface area contributed by atoms with Gasteiger partial charge in [0.2, 0.25) is 0 Å². The molecule has 524 valence electrons. The largest absolute Gasteiger partial charge is 0.394 e. The van der Waals surface area contributed by atoms with Gasteiger partial charge in [-0.05, 0) is 228 Å². The van der Waals surface area contributed by atoms with Gasteiger partial charge >= 0.3 is 5.96 Å². The lowest BCUT2D eigenvalue weighted by molar-refractivity contribution is -0.583. The Morgan fingerprint density at radius 2 is 0.556 bits per heavy atom. The lowest BCUT2D eigenvalue weighted by Crippen LogP contribution is -2.39. The summed E-state index contributed by atoms with van der Waals surface area (Å²) in [5.74, 6) is 1.93. The molecule has 10 rings (SSSR count). The van der Waals surface area contributed by atoms with E-state index in [-0.39, 0.29) is 67.5 Å². The zero-order valence-electron chi connectivity index (χ0n) is 64.1. The molecule has 0 unspecified atom stereocenters. The van der Waals surface area contributed by atoms with E-state index in [1.54, 1.807) is 0 Å². The van der Waals surface area contributed by atoms with Crippen molar-refractivity contribution in [1.82, 2.24) is 14.7 Å². The Balaban J connectivity index is 1.45. The van der Waals surface area contributed by atoms with Crippen LogP contribution in [0.15, 0.2) is 175 Å². The molecule has 1 fully saturated rings. The Kier molecular flexibility index (Phi) is 22.4. The van der Waals surface area contributed by atoms with Crippen LogP contribution in [0.3, 0.4) is 0 Å². The molecule has 0 N–H and O–H groups in total. The molecule has 2 heterocycles. The number of hydrogen-bond acceptors (Lipinski definition) is 2. The third-order valence-electron chi connectivity index (χ3n) is 20.4. The minimum absolute atomic E-state index is 0.110. The summed E-state index contributed by atoms with van der Waals surface area (Å²) in [5, 5.41) is 0. The second kappa shape index (κ2) is 28.8. The van der Waals surface area contributed by atoms with Crippen LogP contribution in [-0.4, -0.2) is 31.2 Å². The molecule has 9 heteroatoms. The first-order valence-corrected chi connectivity index (χ1v) is 40.2. The van der Waals surface area contributed by atoms with Gasteiger partial charge in [0.05, 0.1) is 25.2 Å². The number of rotatable bonds is 12. The standard InChI is InChI=1S/C90H112I4N5/c1-83(2,3)65-45-61(73(91)69(49-65)87(13,14)15)53-96-77(57-37-29-25-30-38-57)78(58-39-31-26-32-40-58)97(54-62-46-66(84(4,5)6)50-70(74(62)92)88(16,17)18)81(96)95-82-98(55-63-47-67(85(7,8)9)51-71(75(63)93)89(19,20)21)79(59-41-33-27-34-42-59)80(60-43-35-28-36-44-60)99(82)56-64-48-68(86(10,11)12)52-72(76(64)94)90(22,23)24/h25-52,77-80H,53-56H2,1-24H3/q+1/t77-,78-,79-,80-/m0/s1. The fourth-order valence-electron chi connectivity index (χ4n) is 14.4. The molecule has 99 heavy (non-hydrogen) atoms. The van der Waals surface area contributed by atoms with Crippen molar-refractivity contribution in [1.29, 1.82) is 0 Å². The molecule has 1 saturated heterocycles. The molecule has 4 atom stereocenters. The molecule has 8 aromatic carbocycles. The van der Waals surface area contributed by atoms with Gasteiger partial charge in [0.25, 0.3) is 5.96 Å². The minimum atomic E-state index is -0.179. The maximum atomic E-state index is 6.90. The van der Waals surface area contributed by atoms with Gasteiger partial charge in [0.15, 0.2) is 0 Å². The van der Waals surface area contributed by atoms with Crippen LogP contribution in [0.5, 0.6) is 0 Å². The molecule has 0 amide bonds. The molecule has 8 aromatic rings. The fourth-order valence-corrected chi connectivity index (χ4v) is 19.6. The molecule has 5 nitrogen and oxygen atoms in total. The maximum Gasteiger partial charge on any atom is 0.394 e. The molecule has 0 aliphatic carbocycles. The summed E-state index contributed by atoms with van der Waals surface area (Å²) >= 11 is 10.9. The summed E-state index contributed by atoms with van der Waals surface area (Å²) < 4.78 is 8.02. The number of hydrogen-bond donors (Lipinski definition) is 0. The van der Waals surface area contributed by atoms with Gasteiger partial charge in [-0.2, -0.15) is 0 Å². The zero-order chi connectivity index (χ0) is 72.7. The van der Waals surface area contributed by atoms with E-state index in [1.807, 2.05) is 0 Å². The Labute approximate surface area is 652 Å². The average Bonchev–Trinajstić information content (AvgIpc) is 1.58. The SMILES string of the molecule is CC(C)(C)c1cc(CN2C(=NC3=[N+](Cc4cc(C(C)(C)C)cc(C(C)(C)C)c4I)[C@@H](c4ccccc4)[C@H](c4ccccc4)N3Cc3cc(C(C)(C)C)cc(C(C)(C)C)c3I)N(Cc3cc(C(C)(C)C)cc(C(C)(C)C)c3I)[C@@H](c3ccccc3)[C@@H]2c2ccccc2)c(I)c(C(C)(C)C)c1. The smallest absolute Gasteiger partial charge is 0.315 e. The zero-order valence-corrected chi connectivity index (χ0v) is 72.7. The van der Waals surface area contributed by atoms with Crippen LogP contribution in [0.4, 0.5) is 0 Å². The van der Waals surface area contributed by atoms with E-state index in [4.69, 9.17) is 4.99 Å². The summed E-state index contributed by atoms with van der Waals surface area (Å²) in [6.45, 7) is 59.7. The van der Waals surface area contributed by atoms with Crippen LogP contribution in [0, 0.1) is 14.3 Å². The fraction of sp³-hybridized carbons (Fsp3) is 0.444. The van der Waals surface area contributed by atoms with E-state index in [2.05, 4.69) is 446 Å². The van der Waals surface area contributed by atoms with E-state index in [9.17, 15) is 0 Å². The van der Waals surface area contributed by atoms with Crippen LogP contribution in [-0.2, 0) is 69.5 Å². The van der Waals surface area contributed by atoms with Gasteiger partial charge in [-0.25, -0.2) is 9.48 Å². The topological polar surface area (TPSA) is 25.1 Å². The third-order valence-corrected chi connectivity index (χ3v) is 25.5. The van der Waals surface area contributed by atoms with E-state index in [1.165, 1.54) is 103 Å². The molecule has 0 radical (unpaired) electrons. The summed E-state index contributed by atoms with van der Waals surface area (Å²) in [6, 6.07) is 65.4. The van der Waals surface area contributed by atoms with E-state index < -0.39 is 0 Å². The van der Waals surface area contributed by atoms with Crippen molar-refractivity contribution >= 4 is 102 Å². The number of guanidine groups is 2. The number of benzene rings is 8. The Hall–Kier alpha value is -4.58. The highest BCUT2D eigenvalue weighted by Gasteiger charge is 2.54. The molecular weight excluding hydrogens is 1660 g/mol. The van der Waals surface area contributed by atoms with Gasteiger partial charge in [0.1, 0.15) is 12.1 Å². The lowest BCUT2D eigenvalue weighted by Gasteiger charge is -2.32. The highest BCUT2D eigenvalue weighted by atomic mass is 127. The Bertz CT molecular complexity index is 4150. The summed E-state index contributed by atoms with van der Waals surface area (Å²) in [6.07, 6.45) is 0. The highest BCUT2D eigenvalue weighted by Crippen LogP contribution is 2.52. The molecule has 0 spiro atoms. The number of nitrogens with zero attached hydrogens (tertiary/aromatic N) is 5. The van der Waals surface area contributed by atoms with Crippen LogP contribution in [0.2, 0.25) is 0 Å². The van der Waals surface area contributed by atoms with Gasteiger partial charge in [-0.1, -0.05) is 336 Å². The molecule has 0 aromatic heterocycles. The predicted molar refractivity (Wildman–Crippen MR) is 456 cm³/mol. The first kappa shape index (κ1) is 77.0. The molecule has 2 aliphatic heterocycles. The quantitative estimate of drug-likeness (QED) is 0.0900. The molecular formula is C90H112I4N5+. The van der Waals surface area contributed by atoms with Crippen LogP contribution >= 0.6 is 90.4 Å². The number of aliphatic imine (C=N–C) groups is 1. The second-order valence-corrected chi connectivity index (χ2v) is 40.9. The van der Waals surface area contributed by atoms with Crippen molar-refractivity contribution < 1.29 is 4.58 Å². The van der Waals surface area contributed by atoms with E-state index >= 15 is 0 Å². The van der Waals surface area contributed by atoms with E-state index in [0.29, 0.717) is 26.2 Å². The van der Waals surface area contributed by atoms with Crippen molar-refractivity contribution in [3.05, 3.63) is 273 Å². The summed E-state index contributed by atoms with van der Waals surface area (Å²) in [7, 11) is 0. The van der Waals surface area contributed by atoms with E-state index in [0.717, 1.165) is 11.9 Å². The van der Waals surface area contributed by atoms with Gasteiger partial charge in [-0.3, -0.25) is 0 Å². The molecule has 0 saturated carbocycles. The highest BCUT2D eigenvalue weighted by molar-refractivity contribution is 14.1. The van der Waals surface area contributed by atoms with Crippen LogP contribution in [0.1, 0.15) is 279 Å². The van der Waals surface area contributed by atoms with Crippen molar-refractivity contribution in [2.24, 2.45) is 4.99 Å². The maximum absolute atomic E-state index is 6.90.